The highest BCUT2D eigenvalue weighted by Crippen LogP contribution is 2.25. The van der Waals surface area contributed by atoms with Crippen LogP contribution < -0.4 is 9.62 Å². The number of carbonyl (C=O) groups excluding carboxylic acids is 1. The van der Waals surface area contributed by atoms with Gasteiger partial charge in [0, 0.05) is 24.6 Å². The molecule has 0 radical (unpaired) electrons. The van der Waals surface area contributed by atoms with Crippen molar-refractivity contribution in [1.82, 2.24) is 14.9 Å². The van der Waals surface area contributed by atoms with Crippen LogP contribution in [0.4, 0.5) is 5.69 Å². The van der Waals surface area contributed by atoms with E-state index in [0.717, 1.165) is 26.7 Å². The second-order valence-electron chi connectivity index (χ2n) is 8.01. The fraction of sp³-hybridized carbons (Fsp3) is 0.154. The van der Waals surface area contributed by atoms with Gasteiger partial charge in [-0.1, -0.05) is 36.4 Å². The first-order valence-corrected chi connectivity index (χ1v) is 12.3. The Balaban J connectivity index is 1.51. The van der Waals surface area contributed by atoms with Gasteiger partial charge in [0.15, 0.2) is 0 Å². The van der Waals surface area contributed by atoms with Crippen molar-refractivity contribution in [2.45, 2.75) is 25.3 Å². The van der Waals surface area contributed by atoms with Gasteiger partial charge in [0.05, 0.1) is 16.9 Å². The van der Waals surface area contributed by atoms with Crippen LogP contribution in [0.25, 0.3) is 5.69 Å². The second kappa shape index (κ2) is 9.93. The second-order valence-corrected chi connectivity index (χ2v) is 9.87. The number of sulfonamides is 1. The maximum Gasteiger partial charge on any atom is 0.264 e. The van der Waals surface area contributed by atoms with E-state index in [-0.39, 0.29) is 18.0 Å². The van der Waals surface area contributed by atoms with Crippen LogP contribution in [0, 0.1) is 13.8 Å². The molecule has 1 aromatic heterocycles. The molecule has 0 aliphatic carbocycles. The van der Waals surface area contributed by atoms with E-state index in [9.17, 15) is 13.2 Å². The van der Waals surface area contributed by atoms with E-state index < -0.39 is 15.9 Å². The number of anilines is 1. The summed E-state index contributed by atoms with van der Waals surface area (Å²) in [6.07, 6.45) is 5.27. The monoisotopic (exact) mass is 474 g/mol. The summed E-state index contributed by atoms with van der Waals surface area (Å²) in [5.41, 5.74) is 4.31. The molecule has 8 heteroatoms. The number of benzene rings is 3. The van der Waals surface area contributed by atoms with Gasteiger partial charge in [0.1, 0.15) is 6.54 Å². The maximum atomic E-state index is 13.4. The molecule has 0 fully saturated rings. The molecule has 0 atom stereocenters. The van der Waals surface area contributed by atoms with Crippen LogP contribution >= 0.6 is 0 Å². The first-order chi connectivity index (χ1) is 16.3. The molecule has 7 nitrogen and oxygen atoms in total. The molecule has 4 rings (SSSR count). The quantitative estimate of drug-likeness (QED) is 0.418. The number of nitrogens with one attached hydrogen (secondary N) is 1. The lowest BCUT2D eigenvalue weighted by molar-refractivity contribution is -0.119. The molecule has 0 saturated heterocycles. The normalized spacial score (nSPS) is 11.2. The summed E-state index contributed by atoms with van der Waals surface area (Å²) < 4.78 is 29.9. The summed E-state index contributed by atoms with van der Waals surface area (Å²) >= 11 is 0. The third-order valence-corrected chi connectivity index (χ3v) is 7.41. The Bertz CT molecular complexity index is 1370. The predicted molar refractivity (Wildman–Crippen MR) is 132 cm³/mol. The van der Waals surface area contributed by atoms with Crippen molar-refractivity contribution >= 4 is 21.6 Å². The fourth-order valence-electron chi connectivity index (χ4n) is 3.50. The highest BCUT2D eigenvalue weighted by molar-refractivity contribution is 7.92. The summed E-state index contributed by atoms with van der Waals surface area (Å²) in [6.45, 7) is 3.83. The number of nitrogens with zero attached hydrogens (tertiary/aromatic N) is 3. The van der Waals surface area contributed by atoms with Crippen molar-refractivity contribution in [3.63, 3.8) is 0 Å². The van der Waals surface area contributed by atoms with Crippen molar-refractivity contribution in [2.24, 2.45) is 0 Å². The van der Waals surface area contributed by atoms with Crippen molar-refractivity contribution in [1.29, 1.82) is 0 Å². The molecule has 0 unspecified atom stereocenters. The van der Waals surface area contributed by atoms with Gasteiger partial charge in [-0.15, -0.1) is 0 Å². The topological polar surface area (TPSA) is 84.3 Å². The number of imidazole rings is 1. The highest BCUT2D eigenvalue weighted by Gasteiger charge is 2.27. The molecular formula is C26H26N4O3S. The first kappa shape index (κ1) is 23.3. The van der Waals surface area contributed by atoms with E-state index in [1.54, 1.807) is 42.9 Å². The van der Waals surface area contributed by atoms with Gasteiger partial charge in [-0.3, -0.25) is 9.10 Å². The number of hydrogen-bond acceptors (Lipinski definition) is 4. The molecule has 1 N–H and O–H groups in total. The van der Waals surface area contributed by atoms with Crippen LogP contribution in [0.2, 0.25) is 0 Å². The van der Waals surface area contributed by atoms with Gasteiger partial charge in [0.25, 0.3) is 10.0 Å². The number of carbonyl (C=O) groups is 1. The fourth-order valence-corrected chi connectivity index (χ4v) is 4.93. The van der Waals surface area contributed by atoms with Gasteiger partial charge < -0.3 is 9.88 Å². The van der Waals surface area contributed by atoms with E-state index in [2.05, 4.69) is 10.3 Å². The minimum atomic E-state index is -3.93. The Morgan fingerprint density at radius 3 is 2.35 bits per heavy atom. The minimum Gasteiger partial charge on any atom is -0.350 e. The van der Waals surface area contributed by atoms with Crippen LogP contribution in [0.5, 0.6) is 0 Å². The lowest BCUT2D eigenvalue weighted by Crippen LogP contribution is -2.40. The molecule has 0 saturated carbocycles. The van der Waals surface area contributed by atoms with E-state index in [4.69, 9.17) is 0 Å². The molecule has 34 heavy (non-hydrogen) atoms. The summed E-state index contributed by atoms with van der Waals surface area (Å²) in [7, 11) is -3.93. The molecule has 0 aliphatic heterocycles. The molecule has 174 valence electrons. The van der Waals surface area contributed by atoms with Crippen LogP contribution in [-0.4, -0.2) is 30.4 Å². The Kier molecular flexibility index (Phi) is 6.79. The zero-order valence-corrected chi connectivity index (χ0v) is 19.9. The summed E-state index contributed by atoms with van der Waals surface area (Å²) in [5, 5.41) is 2.84. The summed E-state index contributed by atoms with van der Waals surface area (Å²) in [5.74, 6) is -0.392. The lowest BCUT2D eigenvalue weighted by Gasteiger charge is -2.25. The van der Waals surface area contributed by atoms with Crippen molar-refractivity contribution in [3.05, 3.63) is 108 Å². The van der Waals surface area contributed by atoms with Crippen LogP contribution in [0.3, 0.4) is 0 Å². The smallest absolute Gasteiger partial charge is 0.264 e. The largest absolute Gasteiger partial charge is 0.350 e. The summed E-state index contributed by atoms with van der Waals surface area (Å²) in [6, 6.07) is 21.2. The third-order valence-electron chi connectivity index (χ3n) is 5.63. The highest BCUT2D eigenvalue weighted by atomic mass is 32.2. The average molecular weight is 475 g/mol. The number of hydrogen-bond donors (Lipinski definition) is 1. The number of aryl methyl sites for hydroxylation is 2. The SMILES string of the molecule is Cc1ccc(N(CC(=O)NCc2ccc(-n3ccnc3)cc2)S(=O)(=O)c2ccccc2)cc1C. The zero-order valence-electron chi connectivity index (χ0n) is 19.0. The number of aromatic nitrogens is 2. The maximum absolute atomic E-state index is 13.4. The molecule has 0 bridgehead atoms. The minimum absolute atomic E-state index is 0.135. The Morgan fingerprint density at radius 1 is 0.971 bits per heavy atom. The standard InChI is InChI=1S/C26H26N4O3S/c1-20-8-11-24(16-21(20)2)30(34(32,33)25-6-4-3-5-7-25)18-26(31)28-17-22-9-12-23(13-10-22)29-15-14-27-19-29/h3-16,19H,17-18H2,1-2H3,(H,28,31). The first-order valence-electron chi connectivity index (χ1n) is 10.8. The van der Waals surface area contributed by atoms with Crippen molar-refractivity contribution in [3.8, 4) is 5.69 Å². The van der Waals surface area contributed by atoms with E-state index in [1.165, 1.54) is 12.1 Å². The molecule has 0 spiro atoms. The van der Waals surface area contributed by atoms with Gasteiger partial charge >= 0.3 is 0 Å². The Morgan fingerprint density at radius 2 is 1.71 bits per heavy atom. The van der Waals surface area contributed by atoms with Crippen LogP contribution in [-0.2, 0) is 21.4 Å². The van der Waals surface area contributed by atoms with Gasteiger partial charge in [-0.05, 0) is 66.9 Å². The predicted octanol–water partition coefficient (Wildman–Crippen LogP) is 4.00. The van der Waals surface area contributed by atoms with Gasteiger partial charge in [-0.25, -0.2) is 13.4 Å². The van der Waals surface area contributed by atoms with Gasteiger partial charge in [0.2, 0.25) is 5.91 Å². The molecule has 0 aliphatic rings. The Hall–Kier alpha value is -3.91. The van der Waals surface area contributed by atoms with Crippen molar-refractivity contribution in [2.75, 3.05) is 10.8 Å². The van der Waals surface area contributed by atoms with E-state index in [0.29, 0.717) is 5.69 Å². The molecule has 1 heterocycles. The molecule has 3 aromatic carbocycles. The van der Waals surface area contributed by atoms with E-state index in [1.807, 2.05) is 54.9 Å². The Labute approximate surface area is 199 Å². The number of rotatable bonds is 8. The van der Waals surface area contributed by atoms with Crippen LogP contribution in [0.1, 0.15) is 16.7 Å². The molecular weight excluding hydrogens is 448 g/mol. The summed E-state index contributed by atoms with van der Waals surface area (Å²) in [4.78, 5) is 17.0. The third kappa shape index (κ3) is 5.18. The number of amides is 1. The van der Waals surface area contributed by atoms with Crippen LogP contribution in [0.15, 0.2) is 96.4 Å². The zero-order chi connectivity index (χ0) is 24.1. The lowest BCUT2D eigenvalue weighted by atomic mass is 10.1. The molecule has 4 aromatic rings. The van der Waals surface area contributed by atoms with E-state index >= 15 is 0 Å². The van der Waals surface area contributed by atoms with Crippen molar-refractivity contribution < 1.29 is 13.2 Å². The molecule has 1 amide bonds. The van der Waals surface area contributed by atoms with Gasteiger partial charge in [-0.2, -0.15) is 0 Å². The average Bonchev–Trinajstić information content (AvgIpc) is 3.39.